The molecule has 25 heavy (non-hydrogen) atoms. The fourth-order valence-electron chi connectivity index (χ4n) is 3.92. The van der Waals surface area contributed by atoms with Crippen molar-refractivity contribution in [1.29, 1.82) is 0 Å². The smallest absolute Gasteiger partial charge is 0.332 e. The van der Waals surface area contributed by atoms with Crippen LogP contribution in [0.4, 0.5) is 10.1 Å². The molecule has 1 aromatic carbocycles. The Bertz CT molecular complexity index is 989. The molecule has 7 nitrogen and oxygen atoms in total. The van der Waals surface area contributed by atoms with Gasteiger partial charge in [-0.25, -0.2) is 13.8 Å². The summed E-state index contributed by atoms with van der Waals surface area (Å²) < 4.78 is 17.2. The third kappa shape index (κ3) is 2.24. The van der Waals surface area contributed by atoms with Gasteiger partial charge in [0.15, 0.2) is 5.82 Å². The van der Waals surface area contributed by atoms with Crippen molar-refractivity contribution in [2.24, 2.45) is 0 Å². The summed E-state index contributed by atoms with van der Waals surface area (Å²) in [5.74, 6) is 5.05. The topological polar surface area (TPSA) is 82.1 Å². The van der Waals surface area contributed by atoms with E-state index in [2.05, 4.69) is 5.43 Å². The molecule has 4 rings (SSSR count). The van der Waals surface area contributed by atoms with Crippen LogP contribution in [0.15, 0.2) is 15.7 Å². The monoisotopic (exact) mass is 368 g/mol. The number of nitrogens with two attached hydrogens (primary N) is 1. The van der Waals surface area contributed by atoms with Crippen LogP contribution in [0.5, 0.6) is 0 Å². The molecule has 0 spiro atoms. The zero-order valence-corrected chi connectivity index (χ0v) is 14.6. The van der Waals surface area contributed by atoms with Crippen molar-refractivity contribution < 1.29 is 4.39 Å². The number of hydrogen-bond acceptors (Lipinski definition) is 4. The van der Waals surface area contributed by atoms with Gasteiger partial charge in [0.05, 0.1) is 10.9 Å². The zero-order chi connectivity index (χ0) is 17.9. The van der Waals surface area contributed by atoms with Crippen LogP contribution >= 0.6 is 11.6 Å². The van der Waals surface area contributed by atoms with Crippen LogP contribution in [0, 0.1) is 5.82 Å². The Hall–Kier alpha value is -1.90. The quantitative estimate of drug-likeness (QED) is 0.631. The Morgan fingerprint density at radius 2 is 1.96 bits per heavy atom. The van der Waals surface area contributed by atoms with E-state index >= 15 is 4.39 Å². The molecule has 2 fully saturated rings. The van der Waals surface area contributed by atoms with Gasteiger partial charge in [-0.1, -0.05) is 11.6 Å². The average Bonchev–Trinajstić information content (AvgIpc) is 3.31. The molecule has 0 unspecified atom stereocenters. The largest absolute Gasteiger partial charge is 0.350 e. The Labute approximate surface area is 147 Å². The van der Waals surface area contributed by atoms with Crippen LogP contribution in [-0.2, 0) is 0 Å². The van der Waals surface area contributed by atoms with Gasteiger partial charge in [-0.15, -0.1) is 0 Å². The lowest BCUT2D eigenvalue weighted by Gasteiger charge is -2.33. The molecular formula is C16H20ClFN5O2+. The summed E-state index contributed by atoms with van der Waals surface area (Å²) in [6, 6.07) is 1.11. The van der Waals surface area contributed by atoms with E-state index < -0.39 is 17.1 Å². The molecule has 3 N–H and O–H groups in total. The third-order valence-electron chi connectivity index (χ3n) is 5.37. The molecule has 1 aliphatic heterocycles. The van der Waals surface area contributed by atoms with Crippen LogP contribution in [-0.4, -0.2) is 29.4 Å². The Morgan fingerprint density at radius 3 is 2.52 bits per heavy atom. The van der Waals surface area contributed by atoms with E-state index in [-0.39, 0.29) is 32.2 Å². The summed E-state index contributed by atoms with van der Waals surface area (Å²) in [4.78, 5) is 24.9. The van der Waals surface area contributed by atoms with Crippen molar-refractivity contribution in [3.63, 3.8) is 0 Å². The molecule has 9 heteroatoms. The maximum absolute atomic E-state index is 15.0. The van der Waals surface area contributed by atoms with E-state index in [1.54, 1.807) is 7.05 Å². The molecular weight excluding hydrogens is 349 g/mol. The predicted octanol–water partition coefficient (Wildman–Crippen LogP) is 1.24. The second-order valence-corrected chi connectivity index (χ2v) is 7.20. The van der Waals surface area contributed by atoms with Crippen molar-refractivity contribution in [2.45, 2.75) is 31.7 Å². The Balaban J connectivity index is 2.15. The highest BCUT2D eigenvalue weighted by molar-refractivity contribution is 6.37. The van der Waals surface area contributed by atoms with Crippen molar-refractivity contribution in [2.75, 3.05) is 26.0 Å². The Morgan fingerprint density at radius 1 is 1.32 bits per heavy atom. The van der Waals surface area contributed by atoms with Gasteiger partial charge in [0.2, 0.25) is 5.69 Å². The SMILES string of the molecule is CN[N+]1(c2c(F)cc3c(=O)n(N)c(=O)n(C4CC4)c3c2Cl)CCCC1. The van der Waals surface area contributed by atoms with Gasteiger partial charge in [-0.3, -0.25) is 9.36 Å². The first kappa shape index (κ1) is 16.6. The molecule has 0 amide bonds. The molecule has 0 bridgehead atoms. The summed E-state index contributed by atoms with van der Waals surface area (Å²) >= 11 is 6.62. The summed E-state index contributed by atoms with van der Waals surface area (Å²) in [6.07, 6.45) is 3.49. The minimum atomic E-state index is -0.735. The van der Waals surface area contributed by atoms with Gasteiger partial charge in [0.25, 0.3) is 5.56 Å². The number of nitrogen functional groups attached to an aromatic ring is 1. The van der Waals surface area contributed by atoms with E-state index in [0.29, 0.717) is 17.8 Å². The minimum absolute atomic E-state index is 0.0358. The summed E-state index contributed by atoms with van der Waals surface area (Å²) in [6.45, 7) is 1.39. The van der Waals surface area contributed by atoms with Gasteiger partial charge in [0, 0.05) is 25.9 Å². The second-order valence-electron chi connectivity index (χ2n) is 6.82. The fourth-order valence-corrected chi connectivity index (χ4v) is 4.37. The van der Waals surface area contributed by atoms with E-state index in [9.17, 15) is 9.59 Å². The average molecular weight is 369 g/mol. The molecule has 1 aromatic heterocycles. The number of nitrogens with zero attached hydrogens (tertiary/aromatic N) is 3. The highest BCUT2D eigenvalue weighted by Gasteiger charge is 2.41. The predicted molar refractivity (Wildman–Crippen MR) is 95.7 cm³/mol. The molecule has 1 saturated carbocycles. The van der Waals surface area contributed by atoms with Crippen LogP contribution in [0.2, 0.25) is 5.02 Å². The van der Waals surface area contributed by atoms with E-state index in [1.807, 2.05) is 0 Å². The molecule has 2 heterocycles. The maximum Gasteiger partial charge on any atom is 0.350 e. The van der Waals surface area contributed by atoms with Crippen LogP contribution in [0.3, 0.4) is 0 Å². The van der Waals surface area contributed by atoms with Gasteiger partial charge in [0.1, 0.15) is 18.1 Å². The van der Waals surface area contributed by atoms with E-state index in [1.165, 1.54) is 4.57 Å². The third-order valence-corrected chi connectivity index (χ3v) is 5.73. The van der Waals surface area contributed by atoms with Gasteiger partial charge in [-0.2, -0.15) is 10.1 Å². The van der Waals surface area contributed by atoms with Crippen molar-refractivity contribution >= 4 is 28.2 Å². The highest BCUT2D eigenvalue weighted by Crippen LogP contribution is 2.43. The molecule has 0 atom stereocenters. The fraction of sp³-hybridized carbons (Fsp3) is 0.500. The second kappa shape index (κ2) is 5.55. The summed E-state index contributed by atoms with van der Waals surface area (Å²) in [5, 5.41) is 0.154. The number of hydrogen-bond donors (Lipinski definition) is 2. The van der Waals surface area contributed by atoms with E-state index in [4.69, 9.17) is 17.4 Å². The number of fused-ring (bicyclic) bond motifs is 1. The van der Waals surface area contributed by atoms with Crippen molar-refractivity contribution in [1.82, 2.24) is 19.3 Å². The van der Waals surface area contributed by atoms with Gasteiger partial charge in [-0.05, 0) is 18.9 Å². The molecule has 134 valence electrons. The standard InChI is InChI=1S/C16H20ClFN5O2/c1-20-23(6-2-3-7-23)14-11(18)8-10-13(12(14)17)21(9-4-5-9)16(25)22(19)15(10)24/h8-9,20H,2-7,19H2,1H3/q+1. The van der Waals surface area contributed by atoms with Crippen LogP contribution < -0.4 is 27.1 Å². The number of aromatic nitrogens is 2. The van der Waals surface area contributed by atoms with Crippen LogP contribution in [0.25, 0.3) is 10.9 Å². The molecule has 1 aliphatic carbocycles. The molecule has 1 saturated heterocycles. The van der Waals surface area contributed by atoms with Crippen LogP contribution in [0.1, 0.15) is 31.7 Å². The summed E-state index contributed by atoms with van der Waals surface area (Å²) in [7, 11) is 1.76. The van der Waals surface area contributed by atoms with Gasteiger partial charge < -0.3 is 5.84 Å². The van der Waals surface area contributed by atoms with Crippen molar-refractivity contribution in [3.8, 4) is 0 Å². The first-order valence-corrected chi connectivity index (χ1v) is 8.80. The minimum Gasteiger partial charge on any atom is -0.332 e. The van der Waals surface area contributed by atoms with Gasteiger partial charge >= 0.3 is 5.69 Å². The molecule has 2 aromatic rings. The number of quaternary nitrogens is 1. The molecule has 0 radical (unpaired) electrons. The normalized spacial score (nSPS) is 19.6. The zero-order valence-electron chi connectivity index (χ0n) is 13.9. The number of rotatable bonds is 3. The maximum atomic E-state index is 15.0. The molecule has 2 aliphatic rings. The highest BCUT2D eigenvalue weighted by atomic mass is 35.5. The summed E-state index contributed by atoms with van der Waals surface area (Å²) in [5.41, 5.74) is 2.39. The number of nitrogens with one attached hydrogen (secondary N) is 1. The van der Waals surface area contributed by atoms with Crippen molar-refractivity contribution in [3.05, 3.63) is 37.7 Å². The first-order chi connectivity index (χ1) is 11.9. The lowest BCUT2D eigenvalue weighted by molar-refractivity contribution is 0.252. The lowest BCUT2D eigenvalue weighted by Crippen LogP contribution is -2.56. The Kier molecular flexibility index (Phi) is 3.68. The lowest BCUT2D eigenvalue weighted by atomic mass is 10.1. The first-order valence-electron chi connectivity index (χ1n) is 8.42. The van der Waals surface area contributed by atoms with E-state index in [0.717, 1.165) is 31.7 Å². The number of halogens is 2. The number of benzene rings is 1.